The summed E-state index contributed by atoms with van der Waals surface area (Å²) in [5.74, 6) is -0.160. The molecule has 0 aromatic carbocycles. The Kier molecular flexibility index (Phi) is 6.13. The van der Waals surface area contributed by atoms with Crippen molar-refractivity contribution in [1.82, 2.24) is 9.62 Å². The average Bonchev–Trinajstić information content (AvgIpc) is 2.86. The number of carbonyl (C=O) groups is 1. The zero-order chi connectivity index (χ0) is 15.2. The summed E-state index contributed by atoms with van der Waals surface area (Å²) in [4.78, 5) is 11.6. The van der Waals surface area contributed by atoms with E-state index in [2.05, 4.69) is 5.32 Å². The number of nitrogens with zero attached hydrogens (tertiary/aromatic N) is 2. The minimum absolute atomic E-state index is 0.160. The van der Waals surface area contributed by atoms with Crippen molar-refractivity contribution < 1.29 is 13.2 Å². The molecular weight excluding hydrogens is 298 g/mol. The van der Waals surface area contributed by atoms with E-state index in [4.69, 9.17) is 5.26 Å². The number of nitriles is 1. The van der Waals surface area contributed by atoms with Crippen LogP contribution in [0.25, 0.3) is 0 Å². The fourth-order valence-corrected chi connectivity index (χ4v) is 4.45. The van der Waals surface area contributed by atoms with Gasteiger partial charge in [0, 0.05) is 31.3 Å². The van der Waals surface area contributed by atoms with Crippen molar-refractivity contribution in [3.05, 3.63) is 17.0 Å². The van der Waals surface area contributed by atoms with Gasteiger partial charge in [-0.3, -0.25) is 4.79 Å². The lowest BCUT2D eigenvalue weighted by atomic mass is 10.4. The van der Waals surface area contributed by atoms with E-state index in [0.29, 0.717) is 13.1 Å². The molecule has 0 spiro atoms. The largest absolute Gasteiger partial charge is 0.351 e. The van der Waals surface area contributed by atoms with E-state index in [0.717, 1.165) is 16.2 Å². The first kappa shape index (κ1) is 16.6. The predicted molar refractivity (Wildman–Crippen MR) is 76.5 cm³/mol. The van der Waals surface area contributed by atoms with Crippen LogP contribution in [0.3, 0.4) is 0 Å². The molecule has 0 aliphatic rings. The minimum Gasteiger partial charge on any atom is -0.351 e. The third kappa shape index (κ3) is 4.30. The van der Waals surface area contributed by atoms with Crippen LogP contribution in [0.1, 0.15) is 25.1 Å². The number of nitrogens with one attached hydrogen (secondary N) is 1. The second kappa shape index (κ2) is 7.38. The van der Waals surface area contributed by atoms with Gasteiger partial charge in [-0.15, -0.1) is 11.3 Å². The second-order valence-electron chi connectivity index (χ2n) is 4.04. The smallest absolute Gasteiger partial charge is 0.252 e. The lowest BCUT2D eigenvalue weighted by Crippen LogP contribution is -2.31. The molecule has 0 atom stereocenters. The van der Waals surface area contributed by atoms with Crippen LogP contribution in [0.4, 0.5) is 0 Å². The number of hydrogen-bond donors (Lipinski definition) is 1. The van der Waals surface area contributed by atoms with Crippen LogP contribution in [0.2, 0.25) is 0 Å². The van der Waals surface area contributed by atoms with E-state index in [-0.39, 0.29) is 23.1 Å². The summed E-state index contributed by atoms with van der Waals surface area (Å²) in [5.41, 5.74) is 0. The van der Waals surface area contributed by atoms with Crippen molar-refractivity contribution in [2.75, 3.05) is 13.1 Å². The maximum absolute atomic E-state index is 12.4. The van der Waals surface area contributed by atoms with Gasteiger partial charge in [0.15, 0.2) is 0 Å². The van der Waals surface area contributed by atoms with Crippen LogP contribution in [0, 0.1) is 11.3 Å². The Morgan fingerprint density at radius 1 is 1.50 bits per heavy atom. The molecule has 0 saturated carbocycles. The molecule has 0 unspecified atom stereocenters. The Labute approximate surface area is 123 Å². The highest BCUT2D eigenvalue weighted by Crippen LogP contribution is 2.25. The van der Waals surface area contributed by atoms with E-state index in [9.17, 15) is 13.2 Å². The average molecular weight is 315 g/mol. The summed E-state index contributed by atoms with van der Waals surface area (Å²) in [7, 11) is -3.55. The van der Waals surface area contributed by atoms with Crippen LogP contribution in [0.5, 0.6) is 0 Å². The number of rotatable bonds is 7. The van der Waals surface area contributed by atoms with Gasteiger partial charge in [-0.1, -0.05) is 6.92 Å². The van der Waals surface area contributed by atoms with E-state index in [1.165, 1.54) is 17.3 Å². The Bertz CT molecular complexity index is 602. The van der Waals surface area contributed by atoms with E-state index < -0.39 is 10.0 Å². The lowest BCUT2D eigenvalue weighted by Gasteiger charge is -2.17. The van der Waals surface area contributed by atoms with E-state index in [1.807, 2.05) is 6.07 Å². The minimum atomic E-state index is -3.55. The van der Waals surface area contributed by atoms with Gasteiger partial charge in [0.2, 0.25) is 5.91 Å². The third-order valence-corrected chi connectivity index (χ3v) is 6.10. The number of sulfonamides is 1. The van der Waals surface area contributed by atoms with Gasteiger partial charge in [-0.05, 0) is 12.1 Å². The van der Waals surface area contributed by atoms with Gasteiger partial charge in [0.05, 0.1) is 12.6 Å². The monoisotopic (exact) mass is 315 g/mol. The fourth-order valence-electron chi connectivity index (χ4n) is 1.55. The molecule has 0 aliphatic heterocycles. The molecule has 1 aromatic heterocycles. The first-order valence-electron chi connectivity index (χ1n) is 6.12. The van der Waals surface area contributed by atoms with Gasteiger partial charge in [0.1, 0.15) is 4.21 Å². The highest BCUT2D eigenvalue weighted by Gasteiger charge is 2.24. The van der Waals surface area contributed by atoms with Crippen molar-refractivity contribution >= 4 is 27.3 Å². The van der Waals surface area contributed by atoms with Gasteiger partial charge < -0.3 is 5.32 Å². The molecule has 6 nitrogen and oxygen atoms in total. The Balaban J connectivity index is 2.86. The highest BCUT2D eigenvalue weighted by atomic mass is 32.2. The van der Waals surface area contributed by atoms with Gasteiger partial charge in [-0.2, -0.15) is 9.57 Å². The molecule has 1 aromatic rings. The maximum Gasteiger partial charge on any atom is 0.252 e. The lowest BCUT2D eigenvalue weighted by molar-refractivity contribution is -0.119. The molecule has 20 heavy (non-hydrogen) atoms. The molecule has 110 valence electrons. The fraction of sp³-hybridized carbons (Fsp3) is 0.500. The summed E-state index contributed by atoms with van der Waals surface area (Å²) in [5, 5.41) is 11.2. The molecule has 0 bridgehead atoms. The Morgan fingerprint density at radius 3 is 2.75 bits per heavy atom. The SMILES string of the molecule is CCN(CCC#N)S(=O)(=O)c1ccc(CNC(C)=O)s1. The number of hydrogen-bond acceptors (Lipinski definition) is 5. The Hall–Kier alpha value is -1.43. The molecule has 1 rings (SSSR count). The summed E-state index contributed by atoms with van der Waals surface area (Å²) >= 11 is 1.13. The molecule has 8 heteroatoms. The van der Waals surface area contributed by atoms with Crippen molar-refractivity contribution in [1.29, 1.82) is 5.26 Å². The normalized spacial score (nSPS) is 11.3. The van der Waals surface area contributed by atoms with Crippen LogP contribution in [0.15, 0.2) is 16.3 Å². The van der Waals surface area contributed by atoms with Gasteiger partial charge in [-0.25, -0.2) is 8.42 Å². The third-order valence-electron chi connectivity index (χ3n) is 2.57. The van der Waals surface area contributed by atoms with Gasteiger partial charge in [0.25, 0.3) is 10.0 Å². The molecule has 0 aliphatic carbocycles. The number of thiophene rings is 1. The molecular formula is C12H17N3O3S2. The van der Waals surface area contributed by atoms with Crippen molar-refractivity contribution in [3.8, 4) is 6.07 Å². The van der Waals surface area contributed by atoms with E-state index >= 15 is 0 Å². The highest BCUT2D eigenvalue weighted by molar-refractivity contribution is 7.91. The zero-order valence-electron chi connectivity index (χ0n) is 11.4. The first-order chi connectivity index (χ1) is 9.41. The molecule has 1 amide bonds. The summed E-state index contributed by atoms with van der Waals surface area (Å²) < 4.78 is 26.2. The van der Waals surface area contributed by atoms with Crippen LogP contribution in [-0.2, 0) is 21.4 Å². The predicted octanol–water partition coefficient (Wildman–Crippen LogP) is 1.31. The van der Waals surface area contributed by atoms with Crippen LogP contribution < -0.4 is 5.32 Å². The quantitative estimate of drug-likeness (QED) is 0.821. The zero-order valence-corrected chi connectivity index (χ0v) is 13.1. The molecule has 0 fully saturated rings. The summed E-state index contributed by atoms with van der Waals surface area (Å²) in [6, 6.07) is 5.16. The van der Waals surface area contributed by atoms with Crippen molar-refractivity contribution in [2.24, 2.45) is 0 Å². The van der Waals surface area contributed by atoms with Gasteiger partial charge >= 0.3 is 0 Å². The van der Waals surface area contributed by atoms with Crippen molar-refractivity contribution in [3.63, 3.8) is 0 Å². The molecule has 1 N–H and O–H groups in total. The number of carbonyl (C=O) groups excluding carboxylic acids is 1. The standard InChI is InChI=1S/C12H17N3O3S2/c1-3-15(8-4-7-13)20(17,18)12-6-5-11(19-12)9-14-10(2)16/h5-6H,3-4,8-9H2,1-2H3,(H,14,16). The second-order valence-corrected chi connectivity index (χ2v) is 7.37. The van der Waals surface area contributed by atoms with Crippen LogP contribution >= 0.6 is 11.3 Å². The van der Waals surface area contributed by atoms with Crippen molar-refractivity contribution in [2.45, 2.75) is 31.0 Å². The molecule has 0 radical (unpaired) electrons. The summed E-state index contributed by atoms with van der Waals surface area (Å²) in [6.45, 7) is 3.98. The summed E-state index contributed by atoms with van der Waals surface area (Å²) in [6.07, 6.45) is 0.164. The molecule has 1 heterocycles. The topological polar surface area (TPSA) is 90.3 Å². The Morgan fingerprint density at radius 2 is 2.20 bits per heavy atom. The van der Waals surface area contributed by atoms with E-state index in [1.54, 1.807) is 13.0 Å². The first-order valence-corrected chi connectivity index (χ1v) is 8.37. The number of amides is 1. The van der Waals surface area contributed by atoms with Crippen LogP contribution in [-0.4, -0.2) is 31.7 Å². The maximum atomic E-state index is 12.4. The molecule has 0 saturated heterocycles.